The molecular formula is C14H22N2O3S2. The van der Waals surface area contributed by atoms with Crippen molar-refractivity contribution in [3.63, 3.8) is 0 Å². The topological polar surface area (TPSA) is 67.4 Å². The zero-order chi connectivity index (χ0) is 14.9. The molecule has 0 spiro atoms. The molecule has 3 rings (SSSR count). The molecule has 2 heterocycles. The fraction of sp³-hybridized carbons (Fsp3) is 0.714. The molecule has 2 unspecified atom stereocenters. The maximum absolute atomic E-state index is 12.4. The number of hydrogen-bond acceptors (Lipinski definition) is 5. The number of nitrogens with one attached hydrogen (secondary N) is 2. The second-order valence-corrected chi connectivity index (χ2v) is 8.65. The van der Waals surface area contributed by atoms with Crippen molar-refractivity contribution in [2.75, 3.05) is 13.2 Å². The van der Waals surface area contributed by atoms with E-state index in [-0.39, 0.29) is 12.0 Å². The molecule has 2 N–H and O–H groups in total. The van der Waals surface area contributed by atoms with Crippen molar-refractivity contribution in [1.82, 2.24) is 10.0 Å². The molecule has 0 radical (unpaired) electrons. The van der Waals surface area contributed by atoms with E-state index in [9.17, 15) is 8.42 Å². The number of thiophene rings is 1. The van der Waals surface area contributed by atoms with Crippen LogP contribution >= 0.6 is 11.3 Å². The van der Waals surface area contributed by atoms with E-state index in [4.69, 9.17) is 4.74 Å². The molecule has 1 saturated carbocycles. The summed E-state index contributed by atoms with van der Waals surface area (Å²) >= 11 is 1.50. The van der Waals surface area contributed by atoms with Crippen molar-refractivity contribution < 1.29 is 13.2 Å². The van der Waals surface area contributed by atoms with Crippen LogP contribution in [-0.2, 0) is 21.3 Å². The van der Waals surface area contributed by atoms with E-state index in [1.54, 1.807) is 11.4 Å². The minimum absolute atomic E-state index is 0.0922. The minimum Gasteiger partial charge on any atom is -0.381 e. The molecule has 1 saturated heterocycles. The van der Waals surface area contributed by atoms with E-state index in [2.05, 4.69) is 10.0 Å². The summed E-state index contributed by atoms with van der Waals surface area (Å²) < 4.78 is 32.9. The van der Waals surface area contributed by atoms with Gasteiger partial charge in [0.1, 0.15) is 0 Å². The predicted octanol–water partition coefficient (Wildman–Crippen LogP) is 1.70. The molecule has 0 aromatic carbocycles. The Bertz CT molecular complexity index is 575. The van der Waals surface area contributed by atoms with Gasteiger partial charge in [-0.1, -0.05) is 0 Å². The van der Waals surface area contributed by atoms with E-state index in [0.717, 1.165) is 24.4 Å². The van der Waals surface area contributed by atoms with E-state index in [1.165, 1.54) is 24.2 Å². The maximum Gasteiger partial charge on any atom is 0.241 e. The molecule has 1 aliphatic carbocycles. The Morgan fingerprint density at radius 3 is 2.90 bits per heavy atom. The lowest BCUT2D eigenvalue weighted by Crippen LogP contribution is -2.38. The van der Waals surface area contributed by atoms with Crippen molar-refractivity contribution in [3.8, 4) is 0 Å². The fourth-order valence-electron chi connectivity index (χ4n) is 2.48. The van der Waals surface area contributed by atoms with Crippen LogP contribution in [-0.4, -0.2) is 33.7 Å². The summed E-state index contributed by atoms with van der Waals surface area (Å²) in [5.74, 6) is 0.273. The molecule has 0 bridgehead atoms. The van der Waals surface area contributed by atoms with Crippen molar-refractivity contribution in [2.24, 2.45) is 5.92 Å². The van der Waals surface area contributed by atoms with Crippen LogP contribution in [0.2, 0.25) is 0 Å². The monoisotopic (exact) mass is 330 g/mol. The first-order valence-corrected chi connectivity index (χ1v) is 9.82. The molecule has 1 aromatic heterocycles. The van der Waals surface area contributed by atoms with Gasteiger partial charge in [0.25, 0.3) is 0 Å². The molecule has 2 atom stereocenters. The van der Waals surface area contributed by atoms with Crippen LogP contribution < -0.4 is 10.0 Å². The van der Waals surface area contributed by atoms with Gasteiger partial charge < -0.3 is 10.1 Å². The van der Waals surface area contributed by atoms with Gasteiger partial charge in [0, 0.05) is 41.4 Å². The summed E-state index contributed by atoms with van der Waals surface area (Å²) in [6.45, 7) is 4.05. The van der Waals surface area contributed by atoms with Gasteiger partial charge in [0.15, 0.2) is 0 Å². The van der Waals surface area contributed by atoms with Crippen molar-refractivity contribution >= 4 is 21.4 Å². The molecule has 7 heteroatoms. The SMILES string of the molecule is CC(NS(=O)(=O)c1csc(CNC2CC2)c1)C1CCOC1. The van der Waals surface area contributed by atoms with Gasteiger partial charge in [-0.2, -0.15) is 0 Å². The average Bonchev–Trinajstić information content (AvgIpc) is 2.96. The first-order chi connectivity index (χ1) is 10.0. The lowest BCUT2D eigenvalue weighted by atomic mass is 10.0. The molecule has 2 fully saturated rings. The summed E-state index contributed by atoms with van der Waals surface area (Å²) in [4.78, 5) is 1.45. The van der Waals surface area contributed by atoms with E-state index in [0.29, 0.717) is 17.5 Å². The fourth-order valence-corrected chi connectivity index (χ4v) is 5.02. The second kappa shape index (κ2) is 6.34. The maximum atomic E-state index is 12.4. The van der Waals surface area contributed by atoms with Crippen LogP contribution in [0.4, 0.5) is 0 Å². The minimum atomic E-state index is -3.42. The molecule has 1 aromatic rings. The van der Waals surface area contributed by atoms with E-state index in [1.807, 2.05) is 6.92 Å². The van der Waals surface area contributed by atoms with Crippen molar-refractivity contribution in [2.45, 2.75) is 49.7 Å². The largest absolute Gasteiger partial charge is 0.381 e. The Hall–Kier alpha value is -0.470. The summed E-state index contributed by atoms with van der Waals surface area (Å²) in [5.41, 5.74) is 0. The van der Waals surface area contributed by atoms with Gasteiger partial charge in [0.05, 0.1) is 11.5 Å². The first-order valence-electron chi connectivity index (χ1n) is 7.45. The Kier molecular flexibility index (Phi) is 4.66. The lowest BCUT2D eigenvalue weighted by Gasteiger charge is -2.18. The van der Waals surface area contributed by atoms with Gasteiger partial charge in [-0.05, 0) is 32.3 Å². The highest BCUT2D eigenvalue weighted by atomic mass is 32.2. The third-order valence-electron chi connectivity index (χ3n) is 4.10. The summed E-state index contributed by atoms with van der Waals surface area (Å²) in [6.07, 6.45) is 3.39. The van der Waals surface area contributed by atoms with Crippen LogP contribution in [0.1, 0.15) is 31.1 Å². The lowest BCUT2D eigenvalue weighted by molar-refractivity contribution is 0.180. The zero-order valence-corrected chi connectivity index (χ0v) is 13.8. The van der Waals surface area contributed by atoms with E-state index < -0.39 is 10.0 Å². The van der Waals surface area contributed by atoms with Gasteiger partial charge in [-0.25, -0.2) is 13.1 Å². The normalized spacial score (nSPS) is 24.3. The molecule has 118 valence electrons. The highest BCUT2D eigenvalue weighted by Crippen LogP contribution is 2.24. The smallest absolute Gasteiger partial charge is 0.241 e. The molecule has 5 nitrogen and oxygen atoms in total. The molecule has 0 amide bonds. The molecular weight excluding hydrogens is 308 g/mol. The highest BCUT2D eigenvalue weighted by Gasteiger charge is 2.27. The molecule has 2 aliphatic rings. The summed E-state index contributed by atoms with van der Waals surface area (Å²) in [6, 6.07) is 2.32. The summed E-state index contributed by atoms with van der Waals surface area (Å²) in [7, 11) is -3.42. The van der Waals surface area contributed by atoms with Crippen LogP contribution in [0.25, 0.3) is 0 Å². The van der Waals surface area contributed by atoms with Crippen LogP contribution in [0.5, 0.6) is 0 Å². The molecule has 1 aliphatic heterocycles. The van der Waals surface area contributed by atoms with Gasteiger partial charge in [-0.3, -0.25) is 0 Å². The van der Waals surface area contributed by atoms with Crippen molar-refractivity contribution in [1.29, 1.82) is 0 Å². The second-order valence-electron chi connectivity index (χ2n) is 5.94. The third-order valence-corrected chi connectivity index (χ3v) is 6.72. The van der Waals surface area contributed by atoms with Crippen molar-refractivity contribution in [3.05, 3.63) is 16.3 Å². The Morgan fingerprint density at radius 1 is 1.43 bits per heavy atom. The number of ether oxygens (including phenoxy) is 1. The van der Waals surface area contributed by atoms with Crippen LogP contribution in [0.15, 0.2) is 16.3 Å². The van der Waals surface area contributed by atoms with Crippen LogP contribution in [0, 0.1) is 5.92 Å². The Balaban J connectivity index is 1.60. The number of rotatable bonds is 7. The van der Waals surface area contributed by atoms with Gasteiger partial charge in [-0.15, -0.1) is 11.3 Å². The van der Waals surface area contributed by atoms with E-state index >= 15 is 0 Å². The average molecular weight is 330 g/mol. The molecule has 21 heavy (non-hydrogen) atoms. The summed E-state index contributed by atoms with van der Waals surface area (Å²) in [5, 5.41) is 5.13. The van der Waals surface area contributed by atoms with Crippen LogP contribution in [0.3, 0.4) is 0 Å². The Morgan fingerprint density at radius 2 is 2.24 bits per heavy atom. The predicted molar refractivity (Wildman–Crippen MR) is 82.9 cm³/mol. The van der Waals surface area contributed by atoms with Gasteiger partial charge >= 0.3 is 0 Å². The third kappa shape index (κ3) is 4.04. The van der Waals surface area contributed by atoms with Gasteiger partial charge in [0.2, 0.25) is 10.0 Å². The number of sulfonamides is 1. The first kappa shape index (κ1) is 15.4. The Labute approximate surface area is 130 Å². The number of hydrogen-bond donors (Lipinski definition) is 2. The standard InChI is InChI=1S/C14H22N2O3S2/c1-10(11-4-5-19-8-11)16-21(17,18)14-6-13(20-9-14)7-15-12-2-3-12/h6,9-12,15-16H,2-5,7-8H2,1H3. The zero-order valence-electron chi connectivity index (χ0n) is 12.2. The highest BCUT2D eigenvalue weighted by molar-refractivity contribution is 7.89. The quantitative estimate of drug-likeness (QED) is 0.798.